The Hall–Kier alpha value is -4.20. The van der Waals surface area contributed by atoms with Gasteiger partial charge in [0.15, 0.2) is 17.2 Å². The Morgan fingerprint density at radius 3 is 2.63 bits per heavy atom. The minimum Gasteiger partial charge on any atom is -0.490 e. The number of nitrogens with zero attached hydrogens (tertiary/aromatic N) is 1. The lowest BCUT2D eigenvalue weighted by molar-refractivity contribution is -0.129. The van der Waals surface area contributed by atoms with Gasteiger partial charge in [-0.3, -0.25) is 0 Å². The number of esters is 2. The van der Waals surface area contributed by atoms with Crippen molar-refractivity contribution in [2.75, 3.05) is 6.61 Å². The Labute approximate surface area is 228 Å². The van der Waals surface area contributed by atoms with Crippen LogP contribution in [0.5, 0.6) is 11.5 Å². The molecule has 0 saturated heterocycles. The van der Waals surface area contributed by atoms with Gasteiger partial charge in [-0.1, -0.05) is 60.1 Å². The fraction of sp³-hybridized carbons (Fsp3) is 0.100. The second kappa shape index (κ2) is 11.0. The Morgan fingerprint density at radius 2 is 1.84 bits per heavy atom. The largest absolute Gasteiger partial charge is 0.490 e. The molecule has 2 heterocycles. The van der Waals surface area contributed by atoms with E-state index in [1.807, 2.05) is 68.5 Å². The van der Waals surface area contributed by atoms with Crippen molar-refractivity contribution >= 4 is 63.0 Å². The number of halogens is 1. The van der Waals surface area contributed by atoms with Crippen molar-refractivity contribution in [3.63, 3.8) is 0 Å². The summed E-state index contributed by atoms with van der Waals surface area (Å²) in [5.74, 6) is -0.327. The highest BCUT2D eigenvalue weighted by atomic mass is 35.5. The van der Waals surface area contributed by atoms with Gasteiger partial charge >= 0.3 is 11.9 Å². The molecular weight excluding hydrogens is 522 g/mol. The van der Waals surface area contributed by atoms with Crippen LogP contribution in [-0.4, -0.2) is 24.4 Å². The molecule has 6 nitrogen and oxygen atoms in total. The number of thiophene rings is 1. The normalized spacial score (nSPS) is 14.2. The molecule has 3 aromatic carbocycles. The monoisotopic (exact) mass is 543 g/mol. The van der Waals surface area contributed by atoms with Crippen LogP contribution in [0.2, 0.25) is 5.02 Å². The van der Waals surface area contributed by atoms with Gasteiger partial charge in [0.1, 0.15) is 4.88 Å². The molecule has 0 radical (unpaired) electrons. The third-order valence-electron chi connectivity index (χ3n) is 5.60. The van der Waals surface area contributed by atoms with E-state index in [-0.39, 0.29) is 17.3 Å². The highest BCUT2D eigenvalue weighted by molar-refractivity contribution is 7.21. The molecule has 1 aromatic heterocycles. The first kappa shape index (κ1) is 25.4. The summed E-state index contributed by atoms with van der Waals surface area (Å²) in [6.07, 6.45) is 5.04. The van der Waals surface area contributed by atoms with Crippen molar-refractivity contribution in [1.29, 1.82) is 0 Å². The molecule has 190 valence electrons. The second-order valence-corrected chi connectivity index (χ2v) is 9.82. The molecule has 0 saturated carbocycles. The van der Waals surface area contributed by atoms with Crippen LogP contribution in [0.1, 0.15) is 33.3 Å². The topological polar surface area (TPSA) is 74.2 Å². The molecule has 0 unspecified atom stereocenters. The molecule has 0 atom stereocenters. The smallest absolute Gasteiger partial charge is 0.363 e. The first-order chi connectivity index (χ1) is 18.4. The van der Waals surface area contributed by atoms with E-state index in [4.69, 9.17) is 25.8 Å². The van der Waals surface area contributed by atoms with E-state index in [0.717, 1.165) is 21.2 Å². The van der Waals surface area contributed by atoms with Crippen LogP contribution >= 0.6 is 22.9 Å². The number of fused-ring (bicyclic) bond motifs is 1. The van der Waals surface area contributed by atoms with Crippen LogP contribution < -0.4 is 9.47 Å². The van der Waals surface area contributed by atoms with E-state index < -0.39 is 11.9 Å². The van der Waals surface area contributed by atoms with E-state index in [1.165, 1.54) is 11.3 Å². The molecule has 0 N–H and O–H groups in total. The average Bonchev–Trinajstić information content (AvgIpc) is 3.43. The average molecular weight is 544 g/mol. The lowest BCUT2D eigenvalue weighted by atomic mass is 10.1. The molecule has 1 aliphatic heterocycles. The lowest BCUT2D eigenvalue weighted by Gasteiger charge is -2.11. The van der Waals surface area contributed by atoms with Gasteiger partial charge in [-0.2, -0.15) is 0 Å². The quantitative estimate of drug-likeness (QED) is 0.137. The number of rotatable bonds is 7. The highest BCUT2D eigenvalue weighted by Crippen LogP contribution is 2.38. The molecule has 0 amide bonds. The molecule has 8 heteroatoms. The summed E-state index contributed by atoms with van der Waals surface area (Å²) in [5.41, 5.74) is 2.82. The third kappa shape index (κ3) is 5.54. The number of ether oxygens (including phenoxy) is 3. The molecule has 5 rings (SSSR count). The predicted octanol–water partition coefficient (Wildman–Crippen LogP) is 7.49. The SMILES string of the molecule is CCOc1cc(/C=C2N=C(/C=C/c3ccccc3)OC/2=O)ccc1OC(=O)c1sc2cc(C)ccc2c1Cl. The van der Waals surface area contributed by atoms with Gasteiger partial charge < -0.3 is 14.2 Å². The van der Waals surface area contributed by atoms with Crippen LogP contribution in [0.25, 0.3) is 22.2 Å². The van der Waals surface area contributed by atoms with Crippen LogP contribution in [-0.2, 0) is 9.53 Å². The maximum absolute atomic E-state index is 13.0. The van der Waals surface area contributed by atoms with Crippen LogP contribution in [0, 0.1) is 6.92 Å². The second-order valence-electron chi connectivity index (χ2n) is 8.39. The number of hydrogen-bond donors (Lipinski definition) is 0. The van der Waals surface area contributed by atoms with Gasteiger partial charge in [-0.05, 0) is 60.9 Å². The summed E-state index contributed by atoms with van der Waals surface area (Å²) in [6.45, 7) is 4.16. The van der Waals surface area contributed by atoms with E-state index in [0.29, 0.717) is 27.8 Å². The molecule has 0 fully saturated rings. The summed E-state index contributed by atoms with van der Waals surface area (Å²) in [7, 11) is 0. The molecule has 0 spiro atoms. The van der Waals surface area contributed by atoms with Gasteiger partial charge in [0.05, 0.1) is 11.6 Å². The number of aryl methyl sites for hydroxylation is 1. The molecule has 0 aliphatic carbocycles. The van der Waals surface area contributed by atoms with Gasteiger partial charge in [0.25, 0.3) is 0 Å². The molecule has 1 aliphatic rings. The predicted molar refractivity (Wildman–Crippen MR) is 151 cm³/mol. The Bertz CT molecular complexity index is 1640. The number of carbonyl (C=O) groups excluding carboxylic acids is 2. The highest BCUT2D eigenvalue weighted by Gasteiger charge is 2.23. The van der Waals surface area contributed by atoms with Gasteiger partial charge in [-0.15, -0.1) is 11.3 Å². The Morgan fingerprint density at radius 1 is 1.03 bits per heavy atom. The summed E-state index contributed by atoms with van der Waals surface area (Å²) >= 11 is 7.77. The zero-order valence-corrected chi connectivity index (χ0v) is 22.1. The minimum atomic E-state index is -0.570. The zero-order valence-electron chi connectivity index (χ0n) is 20.6. The lowest BCUT2D eigenvalue weighted by Crippen LogP contribution is -2.08. The minimum absolute atomic E-state index is 0.150. The fourth-order valence-corrected chi connectivity index (χ4v) is 5.29. The van der Waals surface area contributed by atoms with Crippen LogP contribution in [0.15, 0.2) is 83.5 Å². The van der Waals surface area contributed by atoms with E-state index >= 15 is 0 Å². The van der Waals surface area contributed by atoms with Gasteiger partial charge in [0, 0.05) is 16.2 Å². The summed E-state index contributed by atoms with van der Waals surface area (Å²) < 4.78 is 17.6. The van der Waals surface area contributed by atoms with Gasteiger partial charge in [0.2, 0.25) is 5.90 Å². The number of hydrogen-bond acceptors (Lipinski definition) is 7. The fourth-order valence-electron chi connectivity index (χ4n) is 3.80. The van der Waals surface area contributed by atoms with Crippen LogP contribution in [0.3, 0.4) is 0 Å². The first-order valence-corrected chi connectivity index (χ1v) is 13.0. The number of aliphatic imine (C=N–C) groups is 1. The number of benzene rings is 3. The third-order valence-corrected chi connectivity index (χ3v) is 7.24. The standard InChI is InChI=1S/C30H22ClNO5S/c1-3-35-24-17-20(16-22-29(33)37-26(32-22)14-11-19-7-5-4-6-8-19)10-13-23(24)36-30(34)28-27(31)21-12-9-18(2)15-25(21)38-28/h4-17H,3H2,1-2H3/b14-11+,22-16+. The Kier molecular flexibility index (Phi) is 7.40. The zero-order chi connectivity index (χ0) is 26.6. The van der Waals surface area contributed by atoms with E-state index in [1.54, 1.807) is 30.4 Å². The van der Waals surface area contributed by atoms with Crippen molar-refractivity contribution < 1.29 is 23.8 Å². The van der Waals surface area contributed by atoms with Crippen molar-refractivity contribution in [1.82, 2.24) is 0 Å². The van der Waals surface area contributed by atoms with Crippen molar-refractivity contribution in [3.8, 4) is 11.5 Å². The van der Waals surface area contributed by atoms with Crippen molar-refractivity contribution in [3.05, 3.63) is 105 Å². The van der Waals surface area contributed by atoms with Crippen LogP contribution in [0.4, 0.5) is 0 Å². The summed E-state index contributed by atoms with van der Waals surface area (Å²) in [6, 6.07) is 20.4. The first-order valence-electron chi connectivity index (χ1n) is 11.8. The maximum atomic E-state index is 13.0. The van der Waals surface area contributed by atoms with E-state index in [2.05, 4.69) is 4.99 Å². The molecule has 38 heavy (non-hydrogen) atoms. The molecule has 4 aromatic rings. The maximum Gasteiger partial charge on any atom is 0.363 e. The molecule has 0 bridgehead atoms. The van der Waals surface area contributed by atoms with Crippen molar-refractivity contribution in [2.24, 2.45) is 4.99 Å². The number of cyclic esters (lactones) is 1. The summed E-state index contributed by atoms with van der Waals surface area (Å²) in [4.78, 5) is 30.0. The number of carbonyl (C=O) groups is 2. The van der Waals surface area contributed by atoms with Gasteiger partial charge in [-0.25, -0.2) is 14.6 Å². The van der Waals surface area contributed by atoms with Crippen molar-refractivity contribution in [2.45, 2.75) is 13.8 Å². The molecular formula is C30H22ClNO5S. The Balaban J connectivity index is 1.37. The summed E-state index contributed by atoms with van der Waals surface area (Å²) in [5, 5.41) is 1.17. The van der Waals surface area contributed by atoms with E-state index in [9.17, 15) is 9.59 Å².